The number of rotatable bonds is 5. The molecular weight excluding hydrogens is 357 g/mol. The number of likely N-dealkylation sites (tertiary alicyclic amines) is 1. The first-order valence-electron chi connectivity index (χ1n) is 8.30. The van der Waals surface area contributed by atoms with Gasteiger partial charge in [-0.25, -0.2) is 13.9 Å². The van der Waals surface area contributed by atoms with Gasteiger partial charge in [-0.3, -0.25) is 9.59 Å². The highest BCUT2D eigenvalue weighted by atomic mass is 19.1. The van der Waals surface area contributed by atoms with Gasteiger partial charge in [-0.1, -0.05) is 12.1 Å². The van der Waals surface area contributed by atoms with Gasteiger partial charge in [0.05, 0.1) is 13.7 Å². The van der Waals surface area contributed by atoms with E-state index in [1.54, 1.807) is 6.07 Å². The summed E-state index contributed by atoms with van der Waals surface area (Å²) < 4.78 is 25.2. The summed E-state index contributed by atoms with van der Waals surface area (Å²) in [6.07, 6.45) is 0.958. The average molecular weight is 375 g/mol. The molecule has 142 valence electrons. The topological polar surface area (TPSA) is 90.7 Å². The van der Waals surface area contributed by atoms with Crippen molar-refractivity contribution in [3.8, 4) is 5.75 Å². The van der Waals surface area contributed by atoms with Crippen molar-refractivity contribution in [2.24, 2.45) is 0 Å². The molecule has 2 aromatic rings. The Morgan fingerprint density at radius 2 is 2.04 bits per heavy atom. The molecule has 1 aromatic carbocycles. The molecule has 2 heterocycles. The smallest absolute Gasteiger partial charge is 0.328 e. The molecule has 0 unspecified atom stereocenters. The van der Waals surface area contributed by atoms with E-state index in [-0.39, 0.29) is 25.3 Å². The van der Waals surface area contributed by atoms with E-state index in [2.05, 4.69) is 5.10 Å². The van der Waals surface area contributed by atoms with E-state index in [0.29, 0.717) is 0 Å². The molecule has 1 aliphatic heterocycles. The van der Waals surface area contributed by atoms with Crippen LogP contribution in [0.15, 0.2) is 47.4 Å². The summed E-state index contributed by atoms with van der Waals surface area (Å²) in [6.45, 7) is -0.256. The largest absolute Gasteiger partial charge is 0.485 e. The second kappa shape index (κ2) is 7.98. The lowest BCUT2D eigenvalue weighted by Gasteiger charge is -2.22. The third-order valence-electron chi connectivity index (χ3n) is 4.26. The zero-order chi connectivity index (χ0) is 19.4. The number of nitrogens with zero attached hydrogens (tertiary/aromatic N) is 3. The predicted octanol–water partition coefficient (Wildman–Crippen LogP) is 0.604. The lowest BCUT2D eigenvalue weighted by Crippen LogP contribution is -2.44. The van der Waals surface area contributed by atoms with Gasteiger partial charge in [0, 0.05) is 18.7 Å². The van der Waals surface area contributed by atoms with Crippen LogP contribution in [-0.2, 0) is 20.9 Å². The number of aromatic nitrogens is 2. The first-order chi connectivity index (χ1) is 13.0. The summed E-state index contributed by atoms with van der Waals surface area (Å²) in [4.78, 5) is 37.8. The van der Waals surface area contributed by atoms with Gasteiger partial charge < -0.3 is 14.4 Å². The molecule has 3 rings (SSSR count). The van der Waals surface area contributed by atoms with Gasteiger partial charge in [0.15, 0.2) is 11.6 Å². The van der Waals surface area contributed by atoms with Crippen LogP contribution in [0.25, 0.3) is 0 Å². The lowest BCUT2D eigenvalue weighted by molar-refractivity contribution is -0.151. The number of hydrogen-bond donors (Lipinski definition) is 0. The zero-order valence-electron chi connectivity index (χ0n) is 14.6. The van der Waals surface area contributed by atoms with Gasteiger partial charge in [-0.05, 0) is 18.2 Å². The summed E-state index contributed by atoms with van der Waals surface area (Å²) in [5.41, 5.74) is -0.432. The summed E-state index contributed by atoms with van der Waals surface area (Å²) in [5, 5.41) is 3.84. The molecule has 1 aliphatic rings. The molecule has 1 fully saturated rings. The van der Waals surface area contributed by atoms with Gasteiger partial charge in [-0.15, -0.1) is 0 Å². The normalized spacial score (nSPS) is 19.0. The van der Waals surface area contributed by atoms with Crippen LogP contribution in [0.3, 0.4) is 0 Å². The monoisotopic (exact) mass is 375 g/mol. The Labute approximate surface area is 154 Å². The van der Waals surface area contributed by atoms with Gasteiger partial charge in [0.1, 0.15) is 18.7 Å². The Balaban J connectivity index is 1.76. The molecule has 0 N–H and O–H groups in total. The second-order valence-electron chi connectivity index (χ2n) is 6.01. The Morgan fingerprint density at radius 1 is 1.26 bits per heavy atom. The fourth-order valence-electron chi connectivity index (χ4n) is 2.96. The summed E-state index contributed by atoms with van der Waals surface area (Å²) in [6, 6.07) is 7.77. The Bertz CT molecular complexity index is 900. The van der Waals surface area contributed by atoms with Crippen LogP contribution >= 0.6 is 0 Å². The zero-order valence-corrected chi connectivity index (χ0v) is 14.6. The van der Waals surface area contributed by atoms with Crippen LogP contribution in [0.1, 0.15) is 6.42 Å². The molecule has 0 aliphatic carbocycles. The van der Waals surface area contributed by atoms with Gasteiger partial charge in [-0.2, -0.15) is 5.10 Å². The molecule has 1 aromatic heterocycles. The van der Waals surface area contributed by atoms with E-state index >= 15 is 0 Å². The van der Waals surface area contributed by atoms with Crippen molar-refractivity contribution in [1.29, 1.82) is 0 Å². The molecule has 0 spiro atoms. The highest BCUT2D eigenvalue weighted by Gasteiger charge is 2.41. The Kier molecular flexibility index (Phi) is 5.49. The van der Waals surface area contributed by atoms with Gasteiger partial charge in [0.2, 0.25) is 5.91 Å². The predicted molar refractivity (Wildman–Crippen MR) is 91.4 cm³/mol. The van der Waals surface area contributed by atoms with Crippen molar-refractivity contribution < 1.29 is 23.5 Å². The van der Waals surface area contributed by atoms with E-state index in [1.165, 1.54) is 48.5 Å². The molecule has 1 saturated heterocycles. The molecular formula is C18H18FN3O5. The van der Waals surface area contributed by atoms with Crippen LogP contribution < -0.4 is 10.3 Å². The number of para-hydroxylation sites is 1. The summed E-state index contributed by atoms with van der Waals surface area (Å²) in [7, 11) is 1.22. The maximum absolute atomic E-state index is 13.8. The second-order valence-corrected chi connectivity index (χ2v) is 6.01. The number of methoxy groups -OCH3 is 1. The molecule has 1 amide bonds. The number of hydrogen-bond acceptors (Lipinski definition) is 6. The van der Waals surface area contributed by atoms with Gasteiger partial charge >= 0.3 is 5.97 Å². The van der Waals surface area contributed by atoms with Crippen molar-refractivity contribution in [1.82, 2.24) is 14.7 Å². The van der Waals surface area contributed by atoms with Gasteiger partial charge in [0.25, 0.3) is 5.56 Å². The van der Waals surface area contributed by atoms with Crippen LogP contribution in [0, 0.1) is 5.82 Å². The maximum atomic E-state index is 13.8. The SMILES string of the molecule is COC(=O)[C@@H]1C[C@@H](Oc2ccccc2F)CN1C(=O)Cn1ncccc1=O. The minimum atomic E-state index is -0.876. The van der Waals surface area contributed by atoms with Crippen molar-refractivity contribution in [2.45, 2.75) is 25.1 Å². The summed E-state index contributed by atoms with van der Waals surface area (Å²) in [5.74, 6) is -1.57. The fraction of sp³-hybridized carbons (Fsp3) is 0.333. The minimum absolute atomic E-state index is 0.0429. The van der Waals surface area contributed by atoms with Crippen molar-refractivity contribution in [3.63, 3.8) is 0 Å². The highest BCUT2D eigenvalue weighted by Crippen LogP contribution is 2.25. The number of halogens is 1. The van der Waals surface area contributed by atoms with Crippen LogP contribution in [0.5, 0.6) is 5.75 Å². The van der Waals surface area contributed by atoms with Crippen molar-refractivity contribution >= 4 is 11.9 Å². The van der Waals surface area contributed by atoms with Crippen molar-refractivity contribution in [3.05, 3.63) is 58.8 Å². The number of esters is 1. The molecule has 0 bridgehead atoms. The van der Waals surface area contributed by atoms with Crippen molar-refractivity contribution in [2.75, 3.05) is 13.7 Å². The van der Waals surface area contributed by atoms with Crippen LogP contribution in [0.2, 0.25) is 0 Å². The number of ether oxygens (including phenoxy) is 2. The van der Waals surface area contributed by atoms with Crippen LogP contribution in [-0.4, -0.2) is 52.4 Å². The molecule has 8 nitrogen and oxygen atoms in total. The number of carbonyl (C=O) groups is 2. The quantitative estimate of drug-likeness (QED) is 0.711. The van der Waals surface area contributed by atoms with E-state index < -0.39 is 35.4 Å². The van der Waals surface area contributed by atoms with E-state index in [0.717, 1.165) is 4.68 Å². The van der Waals surface area contributed by atoms with Crippen LogP contribution in [0.4, 0.5) is 4.39 Å². The Hall–Kier alpha value is -3.23. The molecule has 27 heavy (non-hydrogen) atoms. The van der Waals surface area contributed by atoms with E-state index in [4.69, 9.17) is 9.47 Å². The third kappa shape index (κ3) is 4.13. The minimum Gasteiger partial charge on any atom is -0.485 e. The average Bonchev–Trinajstić information content (AvgIpc) is 3.09. The Morgan fingerprint density at radius 3 is 2.74 bits per heavy atom. The van der Waals surface area contributed by atoms with E-state index in [1.807, 2.05) is 0 Å². The number of carbonyl (C=O) groups excluding carboxylic acids is 2. The fourth-order valence-corrected chi connectivity index (χ4v) is 2.96. The summed E-state index contributed by atoms with van der Waals surface area (Å²) >= 11 is 0. The lowest BCUT2D eigenvalue weighted by atomic mass is 10.2. The first-order valence-corrected chi connectivity index (χ1v) is 8.30. The molecule has 0 radical (unpaired) electrons. The number of benzene rings is 1. The standard InChI is InChI=1S/C18H18FN3O5/c1-26-18(25)14-9-12(27-15-6-3-2-5-13(15)19)10-21(14)17(24)11-22-16(23)7-4-8-20-22/h2-8,12,14H,9-11H2,1H3/t12-,14+/m1/s1. The first kappa shape index (κ1) is 18.6. The molecule has 2 atom stereocenters. The molecule has 0 saturated carbocycles. The highest BCUT2D eigenvalue weighted by molar-refractivity contribution is 5.85. The maximum Gasteiger partial charge on any atom is 0.328 e. The molecule has 9 heteroatoms. The third-order valence-corrected chi connectivity index (χ3v) is 4.26. The van der Waals surface area contributed by atoms with E-state index in [9.17, 15) is 18.8 Å². The number of amides is 1.